The number of aryl methyl sites for hydroxylation is 4. The molecule has 0 aliphatic heterocycles. The Kier molecular flexibility index (Phi) is 28.8. The number of carbonyl (C=O) groups is 7. The van der Waals surface area contributed by atoms with E-state index in [0.29, 0.717) is 51.0 Å². The molecule has 8 N–H and O–H groups in total. The number of nitrogens with one attached hydrogen (secondary N) is 3. The predicted octanol–water partition coefficient (Wildman–Crippen LogP) is 9.55. The van der Waals surface area contributed by atoms with Gasteiger partial charge in [-0.25, -0.2) is 9.78 Å². The third-order valence-electron chi connectivity index (χ3n) is 13.3. The van der Waals surface area contributed by atoms with E-state index in [1.807, 2.05) is 104 Å². The summed E-state index contributed by atoms with van der Waals surface area (Å²) in [5.74, 6) is -0.659. The van der Waals surface area contributed by atoms with Gasteiger partial charge in [0.2, 0.25) is 5.91 Å². The molecule has 0 aliphatic rings. The Balaban J connectivity index is 0.000000332. The highest BCUT2D eigenvalue weighted by Crippen LogP contribution is 2.17. The van der Waals surface area contributed by atoms with Crippen LogP contribution in [0.5, 0.6) is 5.75 Å². The van der Waals surface area contributed by atoms with Crippen LogP contribution >= 0.6 is 0 Å². The molecule has 0 aliphatic carbocycles. The molecule has 1 heterocycles. The lowest BCUT2D eigenvalue weighted by molar-refractivity contribution is -0.129. The van der Waals surface area contributed by atoms with Gasteiger partial charge in [0.1, 0.15) is 34.5 Å². The predicted molar refractivity (Wildman–Crippen MR) is 312 cm³/mol. The fourth-order valence-corrected chi connectivity index (χ4v) is 8.16. The van der Waals surface area contributed by atoms with E-state index in [1.54, 1.807) is 59.7 Å². The second-order valence-corrected chi connectivity index (χ2v) is 21.4. The van der Waals surface area contributed by atoms with Gasteiger partial charge in [0.05, 0.1) is 18.1 Å². The summed E-state index contributed by atoms with van der Waals surface area (Å²) in [7, 11) is 0. The van der Waals surface area contributed by atoms with Crippen molar-refractivity contribution in [2.24, 2.45) is 23.5 Å². The number of phenols is 1. The van der Waals surface area contributed by atoms with Gasteiger partial charge in [0, 0.05) is 49.3 Å². The number of amides is 2. The van der Waals surface area contributed by atoms with Crippen LogP contribution < -0.4 is 27.4 Å². The van der Waals surface area contributed by atoms with Crippen LogP contribution in [0.25, 0.3) is 0 Å². The Morgan fingerprint density at radius 3 is 1.56 bits per heavy atom. The van der Waals surface area contributed by atoms with Crippen LogP contribution in [0.1, 0.15) is 127 Å². The minimum atomic E-state index is -0.670. The number of aromatic hydroxyl groups is 1. The number of carbonyl (C=O) groups excluding carboxylic acids is 7. The lowest BCUT2D eigenvalue weighted by atomic mass is 9.94. The Morgan fingerprint density at radius 1 is 0.595 bits per heavy atom. The number of nitrogen functional groups attached to an aromatic ring is 1. The number of nitrogens with two attached hydrogens (primary N) is 2. The van der Waals surface area contributed by atoms with Gasteiger partial charge in [0.25, 0.3) is 0 Å². The second kappa shape index (κ2) is 34.5. The summed E-state index contributed by atoms with van der Waals surface area (Å²) in [6.07, 6.45) is 4.56. The molecule has 1 aromatic heterocycles. The zero-order chi connectivity index (χ0) is 58.5. The first-order valence-electron chi connectivity index (χ1n) is 27.4. The summed E-state index contributed by atoms with van der Waals surface area (Å²) in [6, 6.07) is 39.0. The van der Waals surface area contributed by atoms with Crippen molar-refractivity contribution in [1.29, 1.82) is 0 Å². The average Bonchev–Trinajstić information content (AvgIpc) is 3.40. The first kappa shape index (κ1) is 65.9. The standard InChI is InChI=1S/C29H36N4O3.C20H29NO4.C15H21NO2/c1-20(29(36)32-19-24-12-14-28(30)33-21(24)2)17-27(35)26(13-11-22-7-4-3-5-8-22)31-16-15-23-9-6-10-25(34)18-23;1-14(15(2)22)13-18(23)17(21-19(24)25-20(3,4)5)12-11-16-9-7-6-8-10-16;1-11(12(2)17)10-15(18)14(16)9-8-13-6-4-3-5-7-13/h3-10,12,14,18,20,26,31,34H,11,13,15-17,19H2,1-2H3,(H2,30,33)(H,32,36);6-10,14,17H,11-13H2,1-5H3,(H,21,24);3-7,11,14H,8-10,16H2,1-2H3/t20-,26-;14-,17-;11-,14-/m111/s1. The molecule has 15 nitrogen and oxygen atoms in total. The van der Waals surface area contributed by atoms with E-state index in [2.05, 4.69) is 33.1 Å². The molecule has 0 saturated heterocycles. The molecule has 0 bridgehead atoms. The molecule has 5 aromatic rings. The molecule has 0 saturated carbocycles. The number of pyridine rings is 1. The van der Waals surface area contributed by atoms with Gasteiger partial charge in [-0.2, -0.15) is 0 Å². The average molecular weight is 1080 g/mol. The highest BCUT2D eigenvalue weighted by molar-refractivity contribution is 5.92. The topological polar surface area (TPSA) is 250 Å². The number of rotatable bonds is 28. The summed E-state index contributed by atoms with van der Waals surface area (Å²) in [5.41, 5.74) is 17.0. The summed E-state index contributed by atoms with van der Waals surface area (Å²) in [6.45, 7) is 16.3. The Morgan fingerprint density at radius 2 is 1.06 bits per heavy atom. The minimum Gasteiger partial charge on any atom is -0.508 e. The molecular weight excluding hydrogens is 997 g/mol. The van der Waals surface area contributed by atoms with Gasteiger partial charge in [-0.1, -0.05) is 130 Å². The van der Waals surface area contributed by atoms with Crippen molar-refractivity contribution < 1.29 is 43.4 Å². The van der Waals surface area contributed by atoms with Crippen molar-refractivity contribution in [3.8, 4) is 5.75 Å². The SMILES string of the molecule is CC(=O)[C@H](C)CC(=O)[C@@H](CCc1ccccc1)NC(=O)OC(C)(C)C.CC(=O)[C@H](C)CC(=O)[C@H](N)CCc1ccccc1.Cc1nc(N)ccc1CNC(=O)[C@H](C)CC(=O)[C@@H](CCc1ccccc1)NCCc1cccc(O)c1. The maximum atomic E-state index is 13.2. The van der Waals surface area contributed by atoms with Crippen molar-refractivity contribution in [3.63, 3.8) is 0 Å². The van der Waals surface area contributed by atoms with Crippen LogP contribution in [0.3, 0.4) is 0 Å². The monoisotopic (exact) mass is 1080 g/mol. The van der Waals surface area contributed by atoms with E-state index in [9.17, 15) is 38.7 Å². The molecule has 6 atom stereocenters. The van der Waals surface area contributed by atoms with Gasteiger partial charge < -0.3 is 37.3 Å². The number of ketones is 5. The molecular formula is C64H86N6O9. The normalized spacial score (nSPS) is 13.2. The molecule has 0 fully saturated rings. The maximum Gasteiger partial charge on any atom is 0.408 e. The van der Waals surface area contributed by atoms with Crippen molar-refractivity contribution >= 4 is 46.7 Å². The van der Waals surface area contributed by atoms with Crippen LogP contribution in [0.4, 0.5) is 10.6 Å². The van der Waals surface area contributed by atoms with Crippen molar-refractivity contribution in [3.05, 3.63) is 161 Å². The number of Topliss-reactive ketones (excluding diaryl/α,β-unsaturated/α-hetero) is 5. The first-order chi connectivity index (χ1) is 37.4. The number of hydrogen-bond donors (Lipinski definition) is 6. The number of benzene rings is 4. The van der Waals surface area contributed by atoms with E-state index in [1.165, 1.54) is 25.0 Å². The van der Waals surface area contributed by atoms with E-state index >= 15 is 0 Å². The van der Waals surface area contributed by atoms with Crippen LogP contribution in [0.15, 0.2) is 127 Å². The van der Waals surface area contributed by atoms with Crippen molar-refractivity contribution in [2.75, 3.05) is 12.3 Å². The van der Waals surface area contributed by atoms with Crippen molar-refractivity contribution in [2.45, 2.75) is 157 Å². The largest absolute Gasteiger partial charge is 0.508 e. The van der Waals surface area contributed by atoms with Crippen LogP contribution in [-0.2, 0) is 65.7 Å². The van der Waals surface area contributed by atoms with Crippen molar-refractivity contribution in [1.82, 2.24) is 20.9 Å². The summed E-state index contributed by atoms with van der Waals surface area (Å²) in [4.78, 5) is 89.1. The number of aromatic nitrogens is 1. The number of anilines is 1. The molecule has 15 heteroatoms. The van der Waals surface area contributed by atoms with Gasteiger partial charge in [-0.05, 0) is 139 Å². The quantitative estimate of drug-likeness (QED) is 0.0273. The Labute approximate surface area is 468 Å². The minimum absolute atomic E-state index is 0.0198. The highest BCUT2D eigenvalue weighted by Gasteiger charge is 2.27. The molecule has 0 unspecified atom stereocenters. The lowest BCUT2D eigenvalue weighted by Crippen LogP contribution is -2.44. The van der Waals surface area contributed by atoms with Crippen LogP contribution in [0, 0.1) is 24.7 Å². The number of hydrogen-bond acceptors (Lipinski definition) is 13. The molecule has 2 amide bonds. The zero-order valence-electron chi connectivity index (χ0n) is 47.9. The van der Waals surface area contributed by atoms with E-state index in [0.717, 1.165) is 35.2 Å². The van der Waals surface area contributed by atoms with Crippen LogP contribution in [-0.4, -0.2) is 81.3 Å². The third kappa shape index (κ3) is 27.2. The molecule has 0 radical (unpaired) electrons. The fraction of sp³-hybridized carbons (Fsp3) is 0.438. The number of alkyl carbamates (subject to hydrolysis) is 1. The second-order valence-electron chi connectivity index (χ2n) is 21.4. The van der Waals surface area contributed by atoms with E-state index in [-0.39, 0.29) is 77.7 Å². The zero-order valence-corrected chi connectivity index (χ0v) is 47.9. The third-order valence-corrected chi connectivity index (χ3v) is 13.3. The van der Waals surface area contributed by atoms with E-state index < -0.39 is 29.7 Å². The van der Waals surface area contributed by atoms with Gasteiger partial charge in [-0.3, -0.25) is 28.8 Å². The molecule has 5 rings (SSSR count). The molecule has 0 spiro atoms. The summed E-state index contributed by atoms with van der Waals surface area (Å²) < 4.78 is 5.25. The Bertz CT molecular complexity index is 2690. The van der Waals surface area contributed by atoms with Gasteiger partial charge in [-0.15, -0.1) is 0 Å². The highest BCUT2D eigenvalue weighted by atomic mass is 16.6. The van der Waals surface area contributed by atoms with Gasteiger partial charge >= 0.3 is 6.09 Å². The molecule has 426 valence electrons. The lowest BCUT2D eigenvalue weighted by Gasteiger charge is -2.23. The van der Waals surface area contributed by atoms with E-state index in [4.69, 9.17) is 16.2 Å². The number of phenolic OH excluding ortho intramolecular Hbond substituents is 1. The molecule has 79 heavy (non-hydrogen) atoms. The molecule has 4 aromatic carbocycles. The Hall–Kier alpha value is -7.36. The number of nitrogens with zero attached hydrogens (tertiary/aromatic N) is 1. The maximum absolute atomic E-state index is 13.2. The fourth-order valence-electron chi connectivity index (χ4n) is 8.16. The summed E-state index contributed by atoms with van der Waals surface area (Å²) >= 11 is 0. The van der Waals surface area contributed by atoms with Crippen LogP contribution in [0.2, 0.25) is 0 Å². The number of ether oxygens (including phenoxy) is 1. The first-order valence-corrected chi connectivity index (χ1v) is 27.4. The van der Waals surface area contributed by atoms with Gasteiger partial charge in [0.15, 0.2) is 11.6 Å². The smallest absolute Gasteiger partial charge is 0.408 e. The summed E-state index contributed by atoms with van der Waals surface area (Å²) in [5, 5.41) is 18.7.